The summed E-state index contributed by atoms with van der Waals surface area (Å²) in [6, 6.07) is 1.61. The van der Waals surface area contributed by atoms with Crippen molar-refractivity contribution in [2.45, 2.75) is 24.7 Å². The average Bonchev–Trinajstić information content (AvgIpc) is 2.17. The summed E-state index contributed by atoms with van der Waals surface area (Å²) in [6.07, 6.45) is 4.81. The predicted octanol–water partition coefficient (Wildman–Crippen LogP) is 0.941. The van der Waals surface area contributed by atoms with E-state index in [1.807, 2.05) is 0 Å². The second kappa shape index (κ2) is 5.09. The zero-order valence-corrected chi connectivity index (χ0v) is 9.42. The maximum absolute atomic E-state index is 11.2. The van der Waals surface area contributed by atoms with Gasteiger partial charge < -0.3 is 5.32 Å². The summed E-state index contributed by atoms with van der Waals surface area (Å²) in [5, 5.41) is 8.08. The molecule has 1 aromatic rings. The highest BCUT2D eigenvalue weighted by Crippen LogP contribution is 2.17. The van der Waals surface area contributed by atoms with E-state index in [1.165, 1.54) is 12.4 Å². The Labute approximate surface area is 89.8 Å². The molecule has 0 fully saturated rings. The van der Waals surface area contributed by atoms with Crippen molar-refractivity contribution in [2.24, 2.45) is 5.14 Å². The molecule has 15 heavy (non-hydrogen) atoms. The Morgan fingerprint density at radius 3 is 2.87 bits per heavy atom. The lowest BCUT2D eigenvalue weighted by molar-refractivity contribution is 0.597. The maximum Gasteiger partial charge on any atom is 0.241 e. The average molecular weight is 229 g/mol. The van der Waals surface area contributed by atoms with Crippen LogP contribution in [0.2, 0.25) is 0 Å². The first kappa shape index (κ1) is 11.9. The van der Waals surface area contributed by atoms with Gasteiger partial charge in [-0.25, -0.2) is 13.6 Å². The fourth-order valence-electron chi connectivity index (χ4n) is 1.15. The van der Waals surface area contributed by atoms with Crippen molar-refractivity contribution in [3.05, 3.63) is 18.5 Å². The van der Waals surface area contributed by atoms with E-state index in [0.29, 0.717) is 5.69 Å². The minimum Gasteiger partial charge on any atom is -0.384 e. The van der Waals surface area contributed by atoms with Crippen molar-refractivity contribution >= 4 is 15.7 Å². The van der Waals surface area contributed by atoms with Crippen LogP contribution in [0.5, 0.6) is 0 Å². The van der Waals surface area contributed by atoms with Gasteiger partial charge in [-0.05, 0) is 12.5 Å². The molecule has 0 saturated heterocycles. The first-order valence-corrected chi connectivity index (χ1v) is 6.31. The topological polar surface area (TPSA) is 85.1 Å². The van der Waals surface area contributed by atoms with Crippen molar-refractivity contribution in [2.75, 3.05) is 11.9 Å². The number of anilines is 1. The van der Waals surface area contributed by atoms with Crippen LogP contribution in [0.3, 0.4) is 0 Å². The first-order valence-electron chi connectivity index (χ1n) is 4.76. The highest BCUT2D eigenvalue weighted by atomic mass is 32.2. The molecule has 0 atom stereocenters. The van der Waals surface area contributed by atoms with Gasteiger partial charge >= 0.3 is 0 Å². The second-order valence-corrected chi connectivity index (χ2v) is 4.73. The number of pyridine rings is 1. The van der Waals surface area contributed by atoms with E-state index >= 15 is 0 Å². The maximum atomic E-state index is 11.2. The zero-order chi connectivity index (χ0) is 11.3. The van der Waals surface area contributed by atoms with Crippen molar-refractivity contribution in [3.63, 3.8) is 0 Å². The fourth-order valence-corrected chi connectivity index (χ4v) is 1.81. The van der Waals surface area contributed by atoms with Crippen LogP contribution in [0.1, 0.15) is 19.8 Å². The van der Waals surface area contributed by atoms with Gasteiger partial charge in [-0.2, -0.15) is 0 Å². The lowest BCUT2D eigenvalue weighted by Crippen LogP contribution is -2.15. The molecule has 0 amide bonds. The molecule has 0 aliphatic carbocycles. The summed E-state index contributed by atoms with van der Waals surface area (Å²) in [5.41, 5.74) is 0.515. The first-order chi connectivity index (χ1) is 7.05. The summed E-state index contributed by atoms with van der Waals surface area (Å²) in [7, 11) is -3.70. The van der Waals surface area contributed by atoms with Crippen LogP contribution in [-0.2, 0) is 10.0 Å². The molecule has 0 saturated carbocycles. The Hall–Kier alpha value is -1.14. The van der Waals surface area contributed by atoms with E-state index < -0.39 is 10.0 Å². The number of primary sulfonamides is 1. The second-order valence-electron chi connectivity index (χ2n) is 3.20. The third kappa shape index (κ3) is 3.49. The monoisotopic (exact) mass is 229 g/mol. The lowest BCUT2D eigenvalue weighted by atomic mass is 10.3. The summed E-state index contributed by atoms with van der Waals surface area (Å²) in [4.78, 5) is 3.78. The number of nitrogens with two attached hydrogens (primary N) is 1. The molecule has 0 aromatic carbocycles. The van der Waals surface area contributed by atoms with Gasteiger partial charge in [-0.15, -0.1) is 0 Å². The molecule has 1 heterocycles. The van der Waals surface area contributed by atoms with Crippen LogP contribution in [0.25, 0.3) is 0 Å². The fraction of sp³-hybridized carbons (Fsp3) is 0.444. The van der Waals surface area contributed by atoms with Crippen LogP contribution >= 0.6 is 0 Å². The Morgan fingerprint density at radius 1 is 1.53 bits per heavy atom. The third-order valence-electron chi connectivity index (χ3n) is 1.94. The predicted molar refractivity (Wildman–Crippen MR) is 59.0 cm³/mol. The van der Waals surface area contributed by atoms with E-state index in [9.17, 15) is 8.42 Å². The van der Waals surface area contributed by atoms with Gasteiger partial charge in [-0.1, -0.05) is 13.3 Å². The van der Waals surface area contributed by atoms with Gasteiger partial charge in [0.15, 0.2) is 0 Å². The van der Waals surface area contributed by atoms with Crippen LogP contribution in [0.15, 0.2) is 23.4 Å². The number of hydrogen-bond donors (Lipinski definition) is 2. The van der Waals surface area contributed by atoms with Crippen molar-refractivity contribution in [1.29, 1.82) is 0 Å². The van der Waals surface area contributed by atoms with Gasteiger partial charge in [0.1, 0.15) is 4.90 Å². The number of nitrogens with zero attached hydrogens (tertiary/aromatic N) is 1. The number of nitrogens with one attached hydrogen (secondary N) is 1. The summed E-state index contributed by atoms with van der Waals surface area (Å²) < 4.78 is 22.4. The summed E-state index contributed by atoms with van der Waals surface area (Å²) >= 11 is 0. The molecule has 5 nitrogen and oxygen atoms in total. The lowest BCUT2D eigenvalue weighted by Gasteiger charge is -2.08. The zero-order valence-electron chi connectivity index (χ0n) is 8.60. The number of hydrogen-bond acceptors (Lipinski definition) is 4. The Balaban J connectivity index is 2.88. The van der Waals surface area contributed by atoms with Crippen LogP contribution < -0.4 is 10.5 Å². The van der Waals surface area contributed by atoms with Crippen molar-refractivity contribution in [1.82, 2.24) is 4.98 Å². The quantitative estimate of drug-likeness (QED) is 0.736. The van der Waals surface area contributed by atoms with Gasteiger partial charge in [0.05, 0.1) is 5.69 Å². The molecular formula is C9H15N3O2S. The minimum atomic E-state index is -3.70. The smallest absolute Gasteiger partial charge is 0.241 e. The molecule has 1 aromatic heterocycles. The van der Waals surface area contributed by atoms with E-state index in [0.717, 1.165) is 19.4 Å². The Morgan fingerprint density at radius 2 is 2.27 bits per heavy atom. The number of unbranched alkanes of at least 4 members (excludes halogenated alkanes) is 1. The van der Waals surface area contributed by atoms with E-state index in [2.05, 4.69) is 17.2 Å². The molecule has 0 radical (unpaired) electrons. The molecule has 0 unspecified atom stereocenters. The molecule has 0 spiro atoms. The summed E-state index contributed by atoms with van der Waals surface area (Å²) in [6.45, 7) is 2.79. The Bertz CT molecular complexity index is 417. The van der Waals surface area contributed by atoms with E-state index in [1.54, 1.807) is 6.07 Å². The van der Waals surface area contributed by atoms with Crippen LogP contribution in [-0.4, -0.2) is 19.9 Å². The van der Waals surface area contributed by atoms with E-state index in [4.69, 9.17) is 5.14 Å². The van der Waals surface area contributed by atoms with Crippen LogP contribution in [0, 0.1) is 0 Å². The molecule has 1 rings (SSSR count). The molecule has 6 heteroatoms. The molecular weight excluding hydrogens is 214 g/mol. The molecule has 3 N–H and O–H groups in total. The van der Waals surface area contributed by atoms with Gasteiger partial charge in [0, 0.05) is 18.9 Å². The molecule has 84 valence electrons. The normalized spacial score (nSPS) is 11.3. The van der Waals surface area contributed by atoms with Gasteiger partial charge in [-0.3, -0.25) is 4.98 Å². The van der Waals surface area contributed by atoms with Crippen molar-refractivity contribution < 1.29 is 8.42 Å². The van der Waals surface area contributed by atoms with Crippen molar-refractivity contribution in [3.8, 4) is 0 Å². The van der Waals surface area contributed by atoms with E-state index in [-0.39, 0.29) is 4.90 Å². The minimum absolute atomic E-state index is 0.0427. The Kier molecular flexibility index (Phi) is 4.05. The van der Waals surface area contributed by atoms with Gasteiger partial charge in [0.2, 0.25) is 10.0 Å². The standard InChI is InChI=1S/C9H15N3O2S/c1-2-3-5-12-8-4-6-11-7-9(8)15(10,13)14/h4,6-7H,2-3,5H2,1H3,(H,11,12)(H2,10,13,14). The molecule has 0 aliphatic rings. The number of aromatic nitrogens is 1. The summed E-state index contributed by atoms with van der Waals surface area (Å²) in [5.74, 6) is 0. The third-order valence-corrected chi connectivity index (χ3v) is 2.88. The highest BCUT2D eigenvalue weighted by Gasteiger charge is 2.12. The SMILES string of the molecule is CCCCNc1ccncc1S(N)(=O)=O. The highest BCUT2D eigenvalue weighted by molar-refractivity contribution is 7.89. The van der Waals surface area contributed by atoms with Crippen LogP contribution in [0.4, 0.5) is 5.69 Å². The number of sulfonamides is 1. The molecule has 0 aliphatic heterocycles. The number of rotatable bonds is 5. The molecule has 0 bridgehead atoms. The van der Waals surface area contributed by atoms with Gasteiger partial charge in [0.25, 0.3) is 0 Å². The largest absolute Gasteiger partial charge is 0.384 e.